The van der Waals surface area contributed by atoms with Crippen molar-refractivity contribution in [1.82, 2.24) is 9.80 Å². The van der Waals surface area contributed by atoms with Gasteiger partial charge in [-0.3, -0.25) is 14.5 Å². The van der Waals surface area contributed by atoms with Crippen LogP contribution in [0.3, 0.4) is 0 Å². The van der Waals surface area contributed by atoms with Crippen molar-refractivity contribution in [1.29, 1.82) is 0 Å². The van der Waals surface area contributed by atoms with Gasteiger partial charge in [0.1, 0.15) is 17.1 Å². The maximum absolute atomic E-state index is 14.2. The minimum atomic E-state index is -1.99. The van der Waals surface area contributed by atoms with Crippen molar-refractivity contribution in [3.8, 4) is 16.9 Å². The van der Waals surface area contributed by atoms with Gasteiger partial charge in [0.05, 0.1) is 17.2 Å². The summed E-state index contributed by atoms with van der Waals surface area (Å²) in [5.41, 5.74) is 9.20. The lowest BCUT2D eigenvalue weighted by atomic mass is 9.56. The zero-order valence-corrected chi connectivity index (χ0v) is 25.7. The Kier molecular flexibility index (Phi) is 7.65. The van der Waals surface area contributed by atoms with Crippen LogP contribution in [0.2, 0.25) is 0 Å². The lowest BCUT2D eigenvalue weighted by Gasteiger charge is -2.52. The van der Waals surface area contributed by atoms with Crippen LogP contribution in [0.4, 0.5) is 0 Å². The molecule has 0 fully saturated rings. The van der Waals surface area contributed by atoms with E-state index in [9.17, 15) is 24.9 Å². The number of phenolic OH excluding ortho intramolecular Hbond substituents is 1. The van der Waals surface area contributed by atoms with E-state index in [1.165, 1.54) is 11.8 Å². The van der Waals surface area contributed by atoms with Gasteiger partial charge in [-0.05, 0) is 86.2 Å². The standard InChI is InChI=1S/C35H41N3O5/c1-8-23(37(4)5)15-20-9-11-21(12-10-20)24-13-14-27(39)30-25(24)16-22-17-26-31(38(6)7)33(41)29(19(3)36)34(42)35(26,43)18(2)28(22)32(30)40/h9-15,22,26,31,39,42-43H,3,8,16-17,36H2,1-2,4-7H3/t22?,26?,31-,35-/m1/s1. The number of likely N-dealkylation sites (N-methyl/N-ethyl adjacent to an activating group) is 1. The highest BCUT2D eigenvalue weighted by Crippen LogP contribution is 2.54. The van der Waals surface area contributed by atoms with Gasteiger partial charge in [-0.2, -0.15) is 0 Å². The Bertz CT molecular complexity index is 1630. The van der Waals surface area contributed by atoms with Crippen LogP contribution < -0.4 is 5.73 Å². The van der Waals surface area contributed by atoms with Crippen molar-refractivity contribution in [2.24, 2.45) is 17.6 Å². The quantitative estimate of drug-likeness (QED) is 0.389. The Balaban J connectivity index is 1.65. The van der Waals surface area contributed by atoms with Gasteiger partial charge in [0.15, 0.2) is 11.6 Å². The number of phenols is 1. The maximum Gasteiger partial charge on any atom is 0.193 e. The summed E-state index contributed by atoms with van der Waals surface area (Å²) in [5, 5.41) is 34.4. The smallest absolute Gasteiger partial charge is 0.193 e. The van der Waals surface area contributed by atoms with Gasteiger partial charge in [0.25, 0.3) is 0 Å². The molecule has 0 aromatic heterocycles. The third-order valence-electron chi connectivity index (χ3n) is 9.54. The van der Waals surface area contributed by atoms with Crippen molar-refractivity contribution in [3.05, 3.63) is 93.5 Å². The average molecular weight is 584 g/mol. The van der Waals surface area contributed by atoms with E-state index in [0.717, 1.165) is 28.7 Å². The van der Waals surface area contributed by atoms with Crippen LogP contribution in [0.15, 0.2) is 76.8 Å². The molecule has 2 aromatic carbocycles. The molecule has 4 atom stereocenters. The zero-order chi connectivity index (χ0) is 31.5. The fourth-order valence-electron chi connectivity index (χ4n) is 7.43. The van der Waals surface area contributed by atoms with Gasteiger partial charge in [-0.15, -0.1) is 0 Å². The summed E-state index contributed by atoms with van der Waals surface area (Å²) in [4.78, 5) is 31.6. The van der Waals surface area contributed by atoms with Gasteiger partial charge in [-0.1, -0.05) is 43.8 Å². The lowest BCUT2D eigenvalue weighted by Crippen LogP contribution is -2.61. The molecule has 43 heavy (non-hydrogen) atoms. The number of nitrogens with zero attached hydrogens (tertiary/aromatic N) is 2. The van der Waals surface area contributed by atoms with E-state index in [1.54, 1.807) is 25.9 Å². The van der Waals surface area contributed by atoms with E-state index in [1.807, 2.05) is 44.4 Å². The molecule has 5 rings (SSSR count). The van der Waals surface area contributed by atoms with Crippen molar-refractivity contribution in [2.45, 2.75) is 44.8 Å². The molecule has 2 unspecified atom stereocenters. The number of rotatable bonds is 6. The van der Waals surface area contributed by atoms with Crippen LogP contribution in [0, 0.1) is 11.8 Å². The lowest BCUT2D eigenvalue weighted by molar-refractivity contribution is -0.130. The van der Waals surface area contributed by atoms with Gasteiger partial charge in [0, 0.05) is 37.0 Å². The zero-order valence-electron chi connectivity index (χ0n) is 25.7. The van der Waals surface area contributed by atoms with Gasteiger partial charge < -0.3 is 26.0 Å². The number of carbonyl (C=O) groups excluding carboxylic acids is 2. The number of Topliss-reactive ketones (excluding diaryl/α,β-unsaturated/α-hetero) is 2. The second-order valence-corrected chi connectivity index (χ2v) is 12.4. The number of allylic oxidation sites excluding steroid dienone is 3. The first kappa shape index (κ1) is 30.3. The Hall–Kier alpha value is -4.14. The Labute approximate surface area is 253 Å². The fraction of sp³-hybridized carbons (Fsp3) is 0.371. The molecule has 0 radical (unpaired) electrons. The number of aromatic hydroxyl groups is 1. The van der Waals surface area contributed by atoms with Crippen LogP contribution in [0.25, 0.3) is 17.2 Å². The topological polar surface area (TPSA) is 127 Å². The van der Waals surface area contributed by atoms with E-state index in [-0.39, 0.29) is 46.3 Å². The third-order valence-corrected chi connectivity index (χ3v) is 9.54. The first-order chi connectivity index (χ1) is 20.2. The third kappa shape index (κ3) is 4.60. The molecule has 5 N–H and O–H groups in total. The summed E-state index contributed by atoms with van der Waals surface area (Å²) in [6.45, 7) is 7.40. The normalized spacial score (nSPS) is 25.5. The molecule has 0 heterocycles. The molecule has 0 aliphatic heterocycles. The molecule has 226 valence electrons. The second kappa shape index (κ2) is 10.8. The Morgan fingerprint density at radius 2 is 1.74 bits per heavy atom. The van der Waals surface area contributed by atoms with Gasteiger partial charge in [0.2, 0.25) is 0 Å². The molecule has 0 amide bonds. The number of fused-ring (bicyclic) bond motifs is 3. The van der Waals surface area contributed by atoms with Crippen LogP contribution in [-0.2, 0) is 11.2 Å². The molecule has 0 saturated heterocycles. The van der Waals surface area contributed by atoms with Crippen molar-refractivity contribution >= 4 is 17.6 Å². The van der Waals surface area contributed by atoms with E-state index < -0.39 is 29.1 Å². The number of nitrogens with two attached hydrogens (primary N) is 1. The summed E-state index contributed by atoms with van der Waals surface area (Å²) < 4.78 is 0. The van der Waals surface area contributed by atoms with E-state index in [2.05, 4.69) is 24.5 Å². The van der Waals surface area contributed by atoms with E-state index in [0.29, 0.717) is 12.0 Å². The monoisotopic (exact) mass is 583 g/mol. The number of ketones is 2. The molecule has 0 bridgehead atoms. The average Bonchev–Trinajstić information content (AvgIpc) is 2.93. The number of hydrogen-bond acceptors (Lipinski definition) is 8. The molecule has 8 heteroatoms. The van der Waals surface area contributed by atoms with Crippen LogP contribution in [0.1, 0.15) is 48.2 Å². The minimum Gasteiger partial charge on any atom is -0.508 e. The fourth-order valence-corrected chi connectivity index (χ4v) is 7.43. The predicted octanol–water partition coefficient (Wildman–Crippen LogP) is 4.59. The molecular weight excluding hydrogens is 542 g/mol. The summed E-state index contributed by atoms with van der Waals surface area (Å²) in [6, 6.07) is 10.7. The predicted molar refractivity (Wildman–Crippen MR) is 168 cm³/mol. The highest BCUT2D eigenvalue weighted by molar-refractivity contribution is 6.15. The molecular formula is C35H41N3O5. The Morgan fingerprint density at radius 1 is 1.09 bits per heavy atom. The minimum absolute atomic E-state index is 0.129. The molecule has 3 aliphatic rings. The second-order valence-electron chi connectivity index (χ2n) is 12.4. The first-order valence-electron chi connectivity index (χ1n) is 14.6. The number of hydrogen-bond donors (Lipinski definition) is 4. The molecule has 3 aliphatic carbocycles. The molecule has 2 aromatic rings. The van der Waals surface area contributed by atoms with E-state index >= 15 is 0 Å². The van der Waals surface area contributed by atoms with Crippen LogP contribution in [-0.4, -0.2) is 76.5 Å². The summed E-state index contributed by atoms with van der Waals surface area (Å²) >= 11 is 0. The SMILES string of the molecule is C=C(N)C1=C(O)[C@@]2(O)C(C)=C3C(=O)c4c(O)ccc(-c5ccc(C=C(CC)N(C)C)cc5)c4CC3CC2[C@@H](N(C)C)C1=O. The first-order valence-corrected chi connectivity index (χ1v) is 14.6. The number of aliphatic hydroxyl groups is 2. The van der Waals surface area contributed by atoms with Crippen LogP contribution in [0.5, 0.6) is 5.75 Å². The van der Waals surface area contributed by atoms with Crippen molar-refractivity contribution in [2.75, 3.05) is 28.2 Å². The summed E-state index contributed by atoms with van der Waals surface area (Å²) in [6.07, 6.45) is 3.76. The van der Waals surface area contributed by atoms with Gasteiger partial charge in [-0.25, -0.2) is 0 Å². The number of aliphatic hydroxyl groups excluding tert-OH is 1. The summed E-state index contributed by atoms with van der Waals surface area (Å²) in [7, 11) is 7.54. The summed E-state index contributed by atoms with van der Waals surface area (Å²) in [5.74, 6) is -2.54. The number of benzene rings is 2. The molecule has 0 saturated carbocycles. The van der Waals surface area contributed by atoms with Gasteiger partial charge >= 0.3 is 0 Å². The van der Waals surface area contributed by atoms with Crippen molar-refractivity contribution in [3.63, 3.8) is 0 Å². The highest BCUT2D eigenvalue weighted by atomic mass is 16.3. The van der Waals surface area contributed by atoms with Crippen LogP contribution >= 0.6 is 0 Å². The van der Waals surface area contributed by atoms with E-state index in [4.69, 9.17) is 5.73 Å². The maximum atomic E-state index is 14.2. The number of carbonyl (C=O) groups is 2. The highest BCUT2D eigenvalue weighted by Gasteiger charge is 2.60. The molecule has 8 nitrogen and oxygen atoms in total. The Morgan fingerprint density at radius 3 is 2.30 bits per heavy atom. The largest absolute Gasteiger partial charge is 0.508 e. The van der Waals surface area contributed by atoms with Crippen molar-refractivity contribution < 1.29 is 24.9 Å². The molecule has 0 spiro atoms.